The monoisotopic (exact) mass is 514 g/mol. The van der Waals surface area contributed by atoms with Crippen molar-refractivity contribution in [3.8, 4) is 11.5 Å². The molecule has 1 aromatic heterocycles. The zero-order valence-electron chi connectivity index (χ0n) is 21.4. The van der Waals surface area contributed by atoms with E-state index in [1.54, 1.807) is 30.5 Å². The van der Waals surface area contributed by atoms with Crippen molar-refractivity contribution >= 4 is 23.2 Å². The zero-order valence-corrected chi connectivity index (χ0v) is 22.3. The fourth-order valence-electron chi connectivity index (χ4n) is 5.14. The van der Waals surface area contributed by atoms with Crippen LogP contribution in [0.5, 0.6) is 11.5 Å². The molecule has 8 heteroatoms. The summed E-state index contributed by atoms with van der Waals surface area (Å²) in [5.41, 5.74) is 1.06. The number of ether oxygens (including phenoxy) is 3. The van der Waals surface area contributed by atoms with Crippen molar-refractivity contribution in [3.63, 3.8) is 0 Å². The zero-order chi connectivity index (χ0) is 25.3. The number of nitrogens with zero attached hydrogens (tertiary/aromatic N) is 2. The molecule has 0 bridgehead atoms. The molecule has 1 atom stereocenters. The highest BCUT2D eigenvalue weighted by molar-refractivity contribution is 7.09. The van der Waals surface area contributed by atoms with Gasteiger partial charge in [0.25, 0.3) is 0 Å². The number of hydrogen-bond donors (Lipinski definition) is 0. The van der Waals surface area contributed by atoms with Gasteiger partial charge in [-0.15, -0.1) is 11.3 Å². The summed E-state index contributed by atoms with van der Waals surface area (Å²) in [4.78, 5) is 31.9. The van der Waals surface area contributed by atoms with Crippen LogP contribution in [-0.2, 0) is 27.3 Å². The molecule has 0 spiro atoms. The fraction of sp³-hybridized carbons (Fsp3) is 0.571. The van der Waals surface area contributed by atoms with Crippen LogP contribution >= 0.6 is 11.3 Å². The molecule has 1 aliphatic heterocycles. The topological polar surface area (TPSA) is 68.3 Å². The van der Waals surface area contributed by atoms with Crippen LogP contribution in [0.3, 0.4) is 0 Å². The Hall–Kier alpha value is -2.58. The van der Waals surface area contributed by atoms with Gasteiger partial charge in [0.15, 0.2) is 11.5 Å². The number of rotatable bonds is 12. The molecule has 7 nitrogen and oxygen atoms in total. The van der Waals surface area contributed by atoms with Crippen molar-refractivity contribution in [3.05, 3.63) is 46.2 Å². The Balaban J connectivity index is 1.47. The van der Waals surface area contributed by atoms with Gasteiger partial charge in [-0.2, -0.15) is 0 Å². The molecule has 1 saturated heterocycles. The van der Waals surface area contributed by atoms with E-state index in [-0.39, 0.29) is 30.4 Å². The van der Waals surface area contributed by atoms with Crippen LogP contribution in [0.4, 0.5) is 0 Å². The van der Waals surface area contributed by atoms with E-state index in [1.807, 2.05) is 34.5 Å². The van der Waals surface area contributed by atoms with E-state index in [0.717, 1.165) is 55.6 Å². The summed E-state index contributed by atoms with van der Waals surface area (Å²) < 4.78 is 16.6. The number of thiophene rings is 1. The number of methoxy groups -OCH3 is 2. The molecular formula is C28H38N2O5S. The molecule has 2 heterocycles. The number of benzene rings is 1. The van der Waals surface area contributed by atoms with Gasteiger partial charge in [0.2, 0.25) is 11.8 Å². The maximum absolute atomic E-state index is 13.7. The summed E-state index contributed by atoms with van der Waals surface area (Å²) in [5.74, 6) is 1.50. The molecule has 0 N–H and O–H groups in total. The first kappa shape index (κ1) is 26.5. The third-order valence-corrected chi connectivity index (χ3v) is 8.05. The highest BCUT2D eigenvalue weighted by atomic mass is 32.1. The van der Waals surface area contributed by atoms with Gasteiger partial charge in [-0.3, -0.25) is 9.59 Å². The molecule has 2 fully saturated rings. The Labute approximate surface area is 218 Å². The molecule has 36 heavy (non-hydrogen) atoms. The number of hydrogen-bond acceptors (Lipinski definition) is 6. The second-order valence-electron chi connectivity index (χ2n) is 9.67. The first-order chi connectivity index (χ1) is 17.6. The van der Waals surface area contributed by atoms with Gasteiger partial charge in [0.1, 0.15) is 0 Å². The van der Waals surface area contributed by atoms with Crippen LogP contribution in [0.25, 0.3) is 0 Å². The summed E-state index contributed by atoms with van der Waals surface area (Å²) in [7, 11) is 3.24. The van der Waals surface area contributed by atoms with E-state index < -0.39 is 0 Å². The van der Waals surface area contributed by atoms with Gasteiger partial charge in [-0.05, 0) is 61.2 Å². The fourth-order valence-corrected chi connectivity index (χ4v) is 5.86. The Morgan fingerprint density at radius 3 is 2.50 bits per heavy atom. The van der Waals surface area contributed by atoms with Crippen molar-refractivity contribution in [2.24, 2.45) is 5.92 Å². The second kappa shape index (κ2) is 13.1. The maximum Gasteiger partial charge on any atom is 0.242 e. The van der Waals surface area contributed by atoms with Crippen LogP contribution in [0, 0.1) is 5.92 Å². The van der Waals surface area contributed by atoms with Crippen molar-refractivity contribution in [2.75, 3.05) is 40.5 Å². The predicted octanol–water partition coefficient (Wildman–Crippen LogP) is 4.53. The minimum Gasteiger partial charge on any atom is -0.493 e. The third-order valence-electron chi connectivity index (χ3n) is 7.19. The number of carbonyl (C=O) groups excluding carboxylic acids is 2. The lowest BCUT2D eigenvalue weighted by atomic mass is 10.1. The Kier molecular flexibility index (Phi) is 9.64. The lowest BCUT2D eigenvalue weighted by Gasteiger charge is -2.30. The Bertz CT molecular complexity index is 984. The van der Waals surface area contributed by atoms with E-state index in [4.69, 9.17) is 14.2 Å². The van der Waals surface area contributed by atoms with Crippen LogP contribution in [0.1, 0.15) is 49.0 Å². The molecule has 4 rings (SSSR count). The molecule has 2 aromatic rings. The molecule has 196 valence electrons. The number of carbonyl (C=O) groups is 2. The number of amides is 2. The summed E-state index contributed by atoms with van der Waals surface area (Å²) in [6.07, 6.45) is 6.70. The minimum atomic E-state index is -0.0202. The normalized spacial score (nSPS) is 17.8. The Morgan fingerprint density at radius 2 is 1.83 bits per heavy atom. The van der Waals surface area contributed by atoms with Crippen LogP contribution in [-0.4, -0.2) is 68.2 Å². The molecule has 1 saturated carbocycles. The highest BCUT2D eigenvalue weighted by Crippen LogP contribution is 2.29. The first-order valence-electron chi connectivity index (χ1n) is 13.0. The van der Waals surface area contributed by atoms with E-state index >= 15 is 0 Å². The summed E-state index contributed by atoms with van der Waals surface area (Å²) in [6.45, 7) is 2.43. The standard InChI is InChI=1S/C28H38N2O5S/c1-33-25-12-11-21(17-26(25)34-2)13-14-29(19-24-10-6-16-36-24)27(31)20-30(18-23-9-5-15-35-23)28(32)22-7-3-4-8-22/h6,10-12,16-17,22-23H,3-5,7-9,13-15,18-20H2,1-2H3. The average Bonchev–Trinajstić information content (AvgIpc) is 3.69. The molecule has 1 aliphatic carbocycles. The highest BCUT2D eigenvalue weighted by Gasteiger charge is 2.32. The van der Waals surface area contributed by atoms with Crippen LogP contribution in [0.2, 0.25) is 0 Å². The van der Waals surface area contributed by atoms with Crippen molar-refractivity contribution in [1.82, 2.24) is 9.80 Å². The first-order valence-corrected chi connectivity index (χ1v) is 13.9. The molecule has 1 unspecified atom stereocenters. The summed E-state index contributed by atoms with van der Waals surface area (Å²) in [6, 6.07) is 9.91. The summed E-state index contributed by atoms with van der Waals surface area (Å²) in [5, 5.41) is 2.03. The van der Waals surface area contributed by atoms with Crippen LogP contribution < -0.4 is 9.47 Å². The van der Waals surface area contributed by atoms with Gasteiger partial charge < -0.3 is 24.0 Å². The molecule has 2 amide bonds. The van der Waals surface area contributed by atoms with E-state index in [2.05, 4.69) is 6.07 Å². The van der Waals surface area contributed by atoms with Gasteiger partial charge >= 0.3 is 0 Å². The maximum atomic E-state index is 13.7. The largest absolute Gasteiger partial charge is 0.493 e. The SMILES string of the molecule is COc1ccc(CCN(Cc2cccs2)C(=O)CN(CC2CCCO2)C(=O)C2CCCC2)cc1OC. The van der Waals surface area contributed by atoms with Crippen molar-refractivity contribution in [2.45, 2.75) is 57.6 Å². The van der Waals surface area contributed by atoms with E-state index in [1.165, 1.54) is 0 Å². The van der Waals surface area contributed by atoms with Gasteiger partial charge in [0, 0.05) is 30.5 Å². The quantitative estimate of drug-likeness (QED) is 0.416. The van der Waals surface area contributed by atoms with E-state index in [9.17, 15) is 9.59 Å². The summed E-state index contributed by atoms with van der Waals surface area (Å²) >= 11 is 1.64. The molecule has 2 aliphatic rings. The van der Waals surface area contributed by atoms with Crippen molar-refractivity contribution < 1.29 is 23.8 Å². The third kappa shape index (κ3) is 7.01. The van der Waals surface area contributed by atoms with Crippen molar-refractivity contribution in [1.29, 1.82) is 0 Å². The Morgan fingerprint density at radius 1 is 1.03 bits per heavy atom. The molecular weight excluding hydrogens is 476 g/mol. The lowest BCUT2D eigenvalue weighted by Crippen LogP contribution is -2.47. The average molecular weight is 515 g/mol. The predicted molar refractivity (Wildman–Crippen MR) is 140 cm³/mol. The van der Waals surface area contributed by atoms with Gasteiger partial charge in [-0.1, -0.05) is 25.0 Å². The van der Waals surface area contributed by atoms with E-state index in [0.29, 0.717) is 37.6 Å². The van der Waals surface area contributed by atoms with Crippen LogP contribution in [0.15, 0.2) is 35.7 Å². The second-order valence-corrected chi connectivity index (χ2v) is 10.7. The lowest BCUT2D eigenvalue weighted by molar-refractivity contribution is -0.144. The molecule has 0 radical (unpaired) electrons. The smallest absolute Gasteiger partial charge is 0.242 e. The van der Waals surface area contributed by atoms with Gasteiger partial charge in [-0.25, -0.2) is 0 Å². The van der Waals surface area contributed by atoms with Gasteiger partial charge in [0.05, 0.1) is 33.4 Å². The molecule has 1 aromatic carbocycles. The minimum absolute atomic E-state index is 0.0202.